The second-order valence-corrected chi connectivity index (χ2v) is 5.75. The summed E-state index contributed by atoms with van der Waals surface area (Å²) in [6, 6.07) is 4.43. The molecule has 2 aromatic rings. The molecule has 2 rings (SSSR count). The lowest BCUT2D eigenvalue weighted by molar-refractivity contribution is -0.387. The second-order valence-electron chi connectivity index (χ2n) is 3.71. The molecule has 0 unspecified atom stereocenters. The first-order chi connectivity index (χ1) is 8.97. The van der Waals surface area contributed by atoms with E-state index in [1.807, 2.05) is 0 Å². The average molecular weight is 295 g/mol. The van der Waals surface area contributed by atoms with E-state index in [9.17, 15) is 14.9 Å². The highest BCUT2D eigenvalue weighted by molar-refractivity contribution is 8.01. The number of benzene rings is 1. The Bertz CT molecular complexity index is 654. The van der Waals surface area contributed by atoms with E-state index in [4.69, 9.17) is 0 Å². The molecule has 98 valence electrons. The van der Waals surface area contributed by atoms with Crippen molar-refractivity contribution in [1.82, 2.24) is 9.36 Å². The van der Waals surface area contributed by atoms with Crippen LogP contribution < -0.4 is 0 Å². The van der Waals surface area contributed by atoms with Crippen molar-refractivity contribution >= 4 is 34.8 Å². The van der Waals surface area contributed by atoms with Crippen LogP contribution in [0.3, 0.4) is 0 Å². The van der Waals surface area contributed by atoms with Gasteiger partial charge >= 0.3 is 0 Å². The van der Waals surface area contributed by atoms with E-state index in [1.165, 1.54) is 36.3 Å². The first-order valence-electron chi connectivity index (χ1n) is 5.25. The van der Waals surface area contributed by atoms with Crippen molar-refractivity contribution in [2.75, 3.05) is 0 Å². The van der Waals surface area contributed by atoms with Gasteiger partial charge in [0.2, 0.25) is 0 Å². The van der Waals surface area contributed by atoms with Crippen LogP contribution in [0.1, 0.15) is 23.1 Å². The third-order valence-corrected chi connectivity index (χ3v) is 4.18. The average Bonchev–Trinajstić information content (AvgIpc) is 2.74. The fraction of sp³-hybridized carbons (Fsp3) is 0.182. The molecule has 0 atom stereocenters. The number of ketones is 1. The lowest BCUT2D eigenvalue weighted by Gasteiger charge is -2.02. The van der Waals surface area contributed by atoms with E-state index >= 15 is 0 Å². The lowest BCUT2D eigenvalue weighted by Crippen LogP contribution is -1.96. The third kappa shape index (κ3) is 3.15. The maximum Gasteiger partial charge on any atom is 0.284 e. The molecule has 0 fully saturated rings. The lowest BCUT2D eigenvalue weighted by atomic mass is 10.1. The SMILES string of the molecule is CC(=O)c1ccc(Sc2nc(C)ns2)c([N+](=O)[O-])c1. The van der Waals surface area contributed by atoms with Crippen molar-refractivity contribution in [3.63, 3.8) is 0 Å². The van der Waals surface area contributed by atoms with Crippen molar-refractivity contribution in [3.05, 3.63) is 39.7 Å². The molecule has 8 heteroatoms. The molecule has 0 N–H and O–H groups in total. The van der Waals surface area contributed by atoms with Gasteiger partial charge in [-0.2, -0.15) is 4.37 Å². The number of hydrogen-bond donors (Lipinski definition) is 0. The summed E-state index contributed by atoms with van der Waals surface area (Å²) in [5.74, 6) is 0.432. The molecule has 0 radical (unpaired) electrons. The van der Waals surface area contributed by atoms with E-state index in [0.29, 0.717) is 20.6 Å². The van der Waals surface area contributed by atoms with Crippen LogP contribution in [0, 0.1) is 17.0 Å². The summed E-state index contributed by atoms with van der Waals surface area (Å²) >= 11 is 2.36. The number of nitrogens with zero attached hydrogens (tertiary/aromatic N) is 3. The van der Waals surface area contributed by atoms with Crippen molar-refractivity contribution in [2.45, 2.75) is 23.1 Å². The van der Waals surface area contributed by atoms with Gasteiger partial charge < -0.3 is 0 Å². The zero-order valence-electron chi connectivity index (χ0n) is 10.1. The van der Waals surface area contributed by atoms with Crippen LogP contribution in [0.25, 0.3) is 0 Å². The summed E-state index contributed by atoms with van der Waals surface area (Å²) in [6.45, 7) is 3.13. The Morgan fingerprint density at radius 1 is 1.47 bits per heavy atom. The van der Waals surface area contributed by atoms with Crippen molar-refractivity contribution in [1.29, 1.82) is 0 Å². The smallest absolute Gasteiger partial charge is 0.284 e. The zero-order chi connectivity index (χ0) is 14.0. The van der Waals surface area contributed by atoms with E-state index in [0.717, 1.165) is 0 Å². The Hall–Kier alpha value is -1.80. The summed E-state index contributed by atoms with van der Waals surface area (Å²) in [4.78, 5) is 26.4. The Morgan fingerprint density at radius 3 is 2.74 bits per heavy atom. The summed E-state index contributed by atoms with van der Waals surface area (Å²) < 4.78 is 4.65. The normalized spacial score (nSPS) is 10.4. The van der Waals surface area contributed by atoms with Gasteiger partial charge in [0, 0.05) is 11.6 Å². The van der Waals surface area contributed by atoms with Gasteiger partial charge in [-0.25, -0.2) is 4.98 Å². The quantitative estimate of drug-likeness (QED) is 0.489. The molecule has 1 heterocycles. The van der Waals surface area contributed by atoms with Gasteiger partial charge in [-0.05, 0) is 37.5 Å². The molecule has 0 aliphatic rings. The number of nitro groups is 1. The largest absolute Gasteiger partial charge is 0.295 e. The van der Waals surface area contributed by atoms with Gasteiger partial charge in [-0.3, -0.25) is 14.9 Å². The highest BCUT2D eigenvalue weighted by Crippen LogP contribution is 2.36. The van der Waals surface area contributed by atoms with Gasteiger partial charge in [0.05, 0.1) is 9.82 Å². The Labute approximate surface area is 117 Å². The predicted octanol–water partition coefficient (Wildman–Crippen LogP) is 3.11. The molecule has 1 aromatic carbocycles. The van der Waals surface area contributed by atoms with Crippen LogP contribution in [0.4, 0.5) is 5.69 Å². The molecule has 0 aliphatic heterocycles. The number of aryl methyl sites for hydroxylation is 1. The molecule has 0 saturated carbocycles. The second kappa shape index (κ2) is 5.45. The number of Topliss-reactive ketones (excluding diaryl/α,β-unsaturated/α-hetero) is 1. The van der Waals surface area contributed by atoms with Crippen LogP contribution in [-0.4, -0.2) is 20.1 Å². The van der Waals surface area contributed by atoms with Gasteiger partial charge in [0.25, 0.3) is 5.69 Å². The third-order valence-electron chi connectivity index (χ3n) is 2.27. The molecule has 0 saturated heterocycles. The van der Waals surface area contributed by atoms with Crippen molar-refractivity contribution in [3.8, 4) is 0 Å². The van der Waals surface area contributed by atoms with Crippen LogP contribution in [0.15, 0.2) is 27.4 Å². The molecule has 0 aliphatic carbocycles. The number of carbonyl (C=O) groups is 1. The highest BCUT2D eigenvalue weighted by atomic mass is 32.2. The molecular formula is C11H9N3O3S2. The number of carbonyl (C=O) groups excluding carboxylic acids is 1. The van der Waals surface area contributed by atoms with Crippen molar-refractivity contribution < 1.29 is 9.72 Å². The van der Waals surface area contributed by atoms with E-state index < -0.39 is 4.92 Å². The van der Waals surface area contributed by atoms with Crippen LogP contribution in [0.5, 0.6) is 0 Å². The Balaban J connectivity index is 2.39. The van der Waals surface area contributed by atoms with Crippen LogP contribution in [0.2, 0.25) is 0 Å². The zero-order valence-corrected chi connectivity index (χ0v) is 11.7. The predicted molar refractivity (Wildman–Crippen MR) is 71.9 cm³/mol. The molecular weight excluding hydrogens is 286 g/mol. The van der Waals surface area contributed by atoms with E-state index in [1.54, 1.807) is 19.1 Å². The fourth-order valence-corrected chi connectivity index (χ4v) is 3.07. The van der Waals surface area contributed by atoms with Gasteiger partial charge in [-0.15, -0.1) is 0 Å². The monoisotopic (exact) mass is 295 g/mol. The van der Waals surface area contributed by atoms with Gasteiger partial charge in [0.15, 0.2) is 10.1 Å². The van der Waals surface area contributed by atoms with Crippen LogP contribution >= 0.6 is 23.3 Å². The number of aromatic nitrogens is 2. The summed E-state index contributed by atoms with van der Waals surface area (Å²) in [5.41, 5.74) is 0.232. The number of rotatable bonds is 4. The summed E-state index contributed by atoms with van der Waals surface area (Å²) in [7, 11) is 0. The van der Waals surface area contributed by atoms with Crippen LogP contribution in [-0.2, 0) is 0 Å². The molecule has 0 bridgehead atoms. The molecule has 0 spiro atoms. The van der Waals surface area contributed by atoms with Gasteiger partial charge in [0.1, 0.15) is 5.82 Å². The molecule has 0 amide bonds. The highest BCUT2D eigenvalue weighted by Gasteiger charge is 2.18. The Kier molecular flexibility index (Phi) is 3.91. The summed E-state index contributed by atoms with van der Waals surface area (Å²) in [5, 5.41) is 11.0. The first-order valence-corrected chi connectivity index (χ1v) is 6.84. The maximum atomic E-state index is 11.2. The maximum absolute atomic E-state index is 11.2. The minimum atomic E-state index is -0.497. The van der Waals surface area contributed by atoms with E-state index in [2.05, 4.69) is 9.36 Å². The minimum absolute atomic E-state index is 0.0921. The van der Waals surface area contributed by atoms with Crippen molar-refractivity contribution in [2.24, 2.45) is 0 Å². The molecule has 19 heavy (non-hydrogen) atoms. The Morgan fingerprint density at radius 2 is 2.21 bits per heavy atom. The summed E-state index contributed by atoms with van der Waals surface area (Å²) in [6.07, 6.45) is 0. The topological polar surface area (TPSA) is 86.0 Å². The van der Waals surface area contributed by atoms with Gasteiger partial charge in [-0.1, -0.05) is 11.8 Å². The number of hydrogen-bond acceptors (Lipinski definition) is 7. The standard InChI is InChI=1S/C11H9N3O3S2/c1-6(15)8-3-4-10(9(5-8)14(16)17)18-11-12-7(2)13-19-11/h3-5H,1-2H3. The van der Waals surface area contributed by atoms with E-state index in [-0.39, 0.29) is 11.5 Å². The fourth-order valence-electron chi connectivity index (χ4n) is 1.38. The molecule has 1 aromatic heterocycles. The minimum Gasteiger partial charge on any atom is -0.295 e. The number of nitro benzene ring substituents is 1. The first kappa shape index (κ1) is 13.6. The molecule has 6 nitrogen and oxygen atoms in total.